The van der Waals surface area contributed by atoms with Gasteiger partial charge in [0.15, 0.2) is 0 Å². The molecular weight excluding hydrogens is 519 g/mol. The van der Waals surface area contributed by atoms with Crippen molar-refractivity contribution in [1.29, 1.82) is 0 Å². The summed E-state index contributed by atoms with van der Waals surface area (Å²) in [6.45, 7) is 4.84. The van der Waals surface area contributed by atoms with Crippen molar-refractivity contribution in [2.75, 3.05) is 12.3 Å². The van der Waals surface area contributed by atoms with Crippen LogP contribution in [-0.2, 0) is 21.9 Å². The van der Waals surface area contributed by atoms with Crippen LogP contribution in [0.5, 0.6) is 0 Å². The fraction of sp³-hybridized carbons (Fsp3) is 0.391. The van der Waals surface area contributed by atoms with Gasteiger partial charge < -0.3 is 10.2 Å². The maximum atomic E-state index is 13.1. The van der Waals surface area contributed by atoms with Gasteiger partial charge in [-0.2, -0.15) is 0 Å². The van der Waals surface area contributed by atoms with Crippen LogP contribution in [0.25, 0.3) is 0 Å². The molecule has 2 aromatic carbocycles. The van der Waals surface area contributed by atoms with Gasteiger partial charge in [-0.15, -0.1) is 11.8 Å². The summed E-state index contributed by atoms with van der Waals surface area (Å²) in [5, 5.41) is 3.94. The highest BCUT2D eigenvalue weighted by Crippen LogP contribution is 2.25. The van der Waals surface area contributed by atoms with Gasteiger partial charge in [0.25, 0.3) is 0 Å². The molecular formula is C23H27BrCl2N2O2S. The largest absolute Gasteiger partial charge is 0.354 e. The lowest BCUT2D eigenvalue weighted by molar-refractivity contribution is -0.138. The summed E-state index contributed by atoms with van der Waals surface area (Å²) in [4.78, 5) is 27.4. The van der Waals surface area contributed by atoms with E-state index in [0.29, 0.717) is 28.9 Å². The van der Waals surface area contributed by atoms with Gasteiger partial charge in [0.05, 0.1) is 15.8 Å². The third-order valence-electron chi connectivity index (χ3n) is 4.72. The molecule has 0 radical (unpaired) electrons. The molecule has 31 heavy (non-hydrogen) atoms. The molecule has 0 aromatic heterocycles. The summed E-state index contributed by atoms with van der Waals surface area (Å²) in [7, 11) is 0. The van der Waals surface area contributed by atoms with E-state index in [-0.39, 0.29) is 17.6 Å². The van der Waals surface area contributed by atoms with Crippen LogP contribution >= 0.6 is 50.9 Å². The van der Waals surface area contributed by atoms with Crippen LogP contribution in [0.1, 0.15) is 37.8 Å². The number of benzene rings is 2. The number of unbranched alkanes of at least 4 members (excludes halogenated alkanes) is 1. The molecule has 0 unspecified atom stereocenters. The predicted octanol–water partition coefficient (Wildman–Crippen LogP) is 6.32. The van der Waals surface area contributed by atoms with E-state index in [1.54, 1.807) is 17.9 Å². The van der Waals surface area contributed by atoms with E-state index < -0.39 is 6.04 Å². The van der Waals surface area contributed by atoms with E-state index in [4.69, 9.17) is 23.2 Å². The highest BCUT2D eigenvalue weighted by molar-refractivity contribution is 9.10. The van der Waals surface area contributed by atoms with Crippen molar-refractivity contribution < 1.29 is 9.59 Å². The number of nitrogens with one attached hydrogen (secondary N) is 1. The zero-order valence-corrected chi connectivity index (χ0v) is 21.6. The molecule has 4 nitrogen and oxygen atoms in total. The molecule has 0 aliphatic rings. The minimum absolute atomic E-state index is 0.0804. The second-order valence-corrected chi connectivity index (χ2v) is 9.93. The van der Waals surface area contributed by atoms with Gasteiger partial charge in [-0.25, -0.2) is 0 Å². The first-order valence-electron chi connectivity index (χ1n) is 10.1. The van der Waals surface area contributed by atoms with E-state index in [2.05, 4.69) is 28.2 Å². The van der Waals surface area contributed by atoms with Crippen LogP contribution in [-0.4, -0.2) is 35.1 Å². The topological polar surface area (TPSA) is 49.4 Å². The van der Waals surface area contributed by atoms with Crippen molar-refractivity contribution in [3.63, 3.8) is 0 Å². The van der Waals surface area contributed by atoms with Gasteiger partial charge >= 0.3 is 0 Å². The SMILES string of the molecule is CCCCNC(=O)[C@H](C)N(Cc1cccc(Br)c1)C(=O)CSCc1ccc(Cl)c(Cl)c1. The third kappa shape index (κ3) is 8.68. The maximum absolute atomic E-state index is 13.1. The molecule has 0 heterocycles. The molecule has 0 spiro atoms. The standard InChI is InChI=1S/C23H27BrCl2N2O2S/c1-3-4-10-27-23(30)16(2)28(13-17-6-5-7-19(24)11-17)22(29)15-31-14-18-8-9-20(25)21(26)12-18/h5-9,11-12,16H,3-4,10,13-15H2,1-2H3,(H,27,30)/t16-/m0/s1. The second-order valence-electron chi connectivity index (χ2n) is 7.21. The number of rotatable bonds is 11. The number of nitrogens with zero attached hydrogens (tertiary/aromatic N) is 1. The Bertz CT molecular complexity index is 898. The van der Waals surface area contributed by atoms with Crippen molar-refractivity contribution in [3.05, 3.63) is 68.1 Å². The number of hydrogen-bond donors (Lipinski definition) is 1. The van der Waals surface area contributed by atoms with E-state index in [1.165, 1.54) is 11.8 Å². The number of amides is 2. The summed E-state index contributed by atoms with van der Waals surface area (Å²) in [6, 6.07) is 12.7. The minimum Gasteiger partial charge on any atom is -0.354 e. The molecule has 0 aliphatic heterocycles. The first-order chi connectivity index (χ1) is 14.8. The second kappa shape index (κ2) is 13.4. The van der Waals surface area contributed by atoms with Crippen molar-refractivity contribution >= 4 is 62.7 Å². The molecule has 0 fully saturated rings. The van der Waals surface area contributed by atoms with Crippen LogP contribution in [0.4, 0.5) is 0 Å². The molecule has 8 heteroatoms. The van der Waals surface area contributed by atoms with Crippen LogP contribution in [0.15, 0.2) is 46.9 Å². The fourth-order valence-electron chi connectivity index (χ4n) is 2.92. The van der Waals surface area contributed by atoms with Crippen LogP contribution in [0.2, 0.25) is 10.0 Å². The highest BCUT2D eigenvalue weighted by Gasteiger charge is 2.25. The number of carbonyl (C=O) groups is 2. The minimum atomic E-state index is -0.561. The Kier molecular flexibility index (Phi) is 11.2. The van der Waals surface area contributed by atoms with E-state index in [9.17, 15) is 9.59 Å². The summed E-state index contributed by atoms with van der Waals surface area (Å²) in [6.07, 6.45) is 1.91. The first kappa shape index (κ1) is 26.0. The van der Waals surface area contributed by atoms with Gasteiger partial charge in [0.2, 0.25) is 11.8 Å². The number of carbonyl (C=O) groups excluding carboxylic acids is 2. The average Bonchev–Trinajstić information content (AvgIpc) is 2.74. The molecule has 0 aliphatic carbocycles. The molecule has 2 aromatic rings. The van der Waals surface area contributed by atoms with Gasteiger partial charge in [0.1, 0.15) is 6.04 Å². The summed E-state index contributed by atoms with van der Waals surface area (Å²) in [5.74, 6) is 0.681. The molecule has 0 saturated heterocycles. The van der Waals surface area contributed by atoms with Gasteiger partial charge in [-0.05, 0) is 48.7 Å². The van der Waals surface area contributed by atoms with Crippen LogP contribution in [0.3, 0.4) is 0 Å². The molecule has 0 bridgehead atoms. The number of halogens is 3. The summed E-state index contributed by atoms with van der Waals surface area (Å²) < 4.78 is 0.937. The van der Waals surface area contributed by atoms with E-state index in [0.717, 1.165) is 28.4 Å². The predicted molar refractivity (Wildman–Crippen MR) is 135 cm³/mol. The Balaban J connectivity index is 2.05. The Morgan fingerprint density at radius 2 is 1.90 bits per heavy atom. The van der Waals surface area contributed by atoms with Gasteiger partial charge in [-0.1, -0.05) is 70.7 Å². The quantitative estimate of drug-likeness (QED) is 0.336. The van der Waals surface area contributed by atoms with Gasteiger partial charge in [0, 0.05) is 23.3 Å². The fourth-order valence-corrected chi connectivity index (χ4v) is 4.54. The van der Waals surface area contributed by atoms with Crippen molar-refractivity contribution in [2.24, 2.45) is 0 Å². The Labute approximate surface area is 207 Å². The van der Waals surface area contributed by atoms with E-state index in [1.807, 2.05) is 36.4 Å². The normalized spacial score (nSPS) is 11.8. The Hall–Kier alpha value is -1.21. The monoisotopic (exact) mass is 544 g/mol. The third-order valence-corrected chi connectivity index (χ3v) is 6.94. The molecule has 0 saturated carbocycles. The van der Waals surface area contributed by atoms with Crippen molar-refractivity contribution in [2.45, 2.75) is 45.0 Å². The lowest BCUT2D eigenvalue weighted by Gasteiger charge is -2.29. The smallest absolute Gasteiger partial charge is 0.242 e. The van der Waals surface area contributed by atoms with Crippen LogP contribution < -0.4 is 5.32 Å². The number of thioether (sulfide) groups is 1. The summed E-state index contributed by atoms with van der Waals surface area (Å²) >= 11 is 17.0. The molecule has 1 atom stereocenters. The Morgan fingerprint density at radius 1 is 1.13 bits per heavy atom. The summed E-state index contributed by atoms with van der Waals surface area (Å²) in [5.41, 5.74) is 1.96. The lowest BCUT2D eigenvalue weighted by atomic mass is 10.1. The average molecular weight is 546 g/mol. The molecule has 168 valence electrons. The molecule has 2 amide bonds. The highest BCUT2D eigenvalue weighted by atomic mass is 79.9. The molecule has 1 N–H and O–H groups in total. The van der Waals surface area contributed by atoms with Crippen molar-refractivity contribution in [3.8, 4) is 0 Å². The number of hydrogen-bond acceptors (Lipinski definition) is 3. The van der Waals surface area contributed by atoms with Crippen molar-refractivity contribution in [1.82, 2.24) is 10.2 Å². The maximum Gasteiger partial charge on any atom is 0.242 e. The van der Waals surface area contributed by atoms with Crippen LogP contribution in [0, 0.1) is 0 Å². The molecule has 2 rings (SSSR count). The zero-order chi connectivity index (χ0) is 22.8. The first-order valence-corrected chi connectivity index (χ1v) is 12.9. The Morgan fingerprint density at radius 3 is 2.58 bits per heavy atom. The van der Waals surface area contributed by atoms with Gasteiger partial charge in [-0.3, -0.25) is 9.59 Å². The lowest BCUT2D eigenvalue weighted by Crippen LogP contribution is -2.48. The zero-order valence-electron chi connectivity index (χ0n) is 17.7. The van der Waals surface area contributed by atoms with E-state index >= 15 is 0 Å².